The summed E-state index contributed by atoms with van der Waals surface area (Å²) in [5.41, 5.74) is 1.33. The van der Waals surface area contributed by atoms with Crippen molar-refractivity contribution in [1.82, 2.24) is 0 Å². The van der Waals surface area contributed by atoms with E-state index >= 15 is 0 Å². The minimum atomic E-state index is -0.536. The van der Waals surface area contributed by atoms with E-state index in [-0.39, 0.29) is 46.3 Å². The summed E-state index contributed by atoms with van der Waals surface area (Å²) < 4.78 is 10.9. The van der Waals surface area contributed by atoms with Crippen molar-refractivity contribution in [1.29, 1.82) is 0 Å². The van der Waals surface area contributed by atoms with Crippen molar-refractivity contribution in [2.45, 2.75) is 78.7 Å². The van der Waals surface area contributed by atoms with Crippen molar-refractivity contribution in [3.8, 4) is 0 Å². The Bertz CT molecular complexity index is 1160. The Morgan fingerprint density at radius 2 is 2.00 bits per heavy atom. The molecule has 1 N–H and O–H groups in total. The number of hydrogen-bond acceptors (Lipinski definition) is 5. The summed E-state index contributed by atoms with van der Waals surface area (Å²) in [6.45, 7) is 9.05. The highest BCUT2D eigenvalue weighted by atomic mass is 16.5. The number of ketones is 1. The fraction of sp³-hybridized carbons (Fsp3) is 0.688. The van der Waals surface area contributed by atoms with Crippen molar-refractivity contribution in [3.63, 3.8) is 0 Å². The van der Waals surface area contributed by atoms with Crippen LogP contribution >= 0.6 is 0 Å². The summed E-state index contributed by atoms with van der Waals surface area (Å²) in [4.78, 5) is 27.5. The molecule has 6 aliphatic carbocycles. The van der Waals surface area contributed by atoms with Crippen molar-refractivity contribution in [3.05, 3.63) is 41.4 Å². The number of aliphatic hydroxyl groups is 1. The predicted molar refractivity (Wildman–Crippen MR) is 141 cm³/mol. The number of allylic oxidation sites excluding steroid dienone is 2. The van der Waals surface area contributed by atoms with E-state index in [4.69, 9.17) is 9.15 Å². The Kier molecular flexibility index (Phi) is 5.73. The number of fused-ring (bicyclic) bond motifs is 1. The first-order chi connectivity index (χ1) is 17.6. The second-order valence-corrected chi connectivity index (χ2v) is 13.5. The Morgan fingerprint density at radius 3 is 2.68 bits per heavy atom. The molecule has 0 amide bonds. The molecule has 1 aromatic rings. The normalized spacial score (nSPS) is 45.8. The standard InChI is InChI=1S/C32H42O5/c1-18(2)22-17-32-12-9-24-30(3,10-7-11-31(24,4)29(35)36-5)25(32)16-21(22)26-23(33)15-19(28(34)27(26)32)14-20-8-6-13-37-20/h6,8,13-14,17-18,21,23-27,33H,7,9-12,15-16H2,1-5H3/b19-14+/t21-,23-,24+,25+,26-,27-,30-,31+,32-/m0/s1. The van der Waals surface area contributed by atoms with E-state index in [0.717, 1.165) is 38.5 Å². The first-order valence-electron chi connectivity index (χ1n) is 14.3. The van der Waals surface area contributed by atoms with Gasteiger partial charge in [0.1, 0.15) is 5.76 Å². The lowest BCUT2D eigenvalue weighted by Crippen LogP contribution is -2.68. The lowest BCUT2D eigenvalue weighted by Gasteiger charge is -2.70. The van der Waals surface area contributed by atoms with Crippen molar-refractivity contribution < 1.29 is 23.8 Å². The maximum Gasteiger partial charge on any atom is 0.311 e. The molecule has 4 saturated carbocycles. The maximum atomic E-state index is 14.4. The highest BCUT2D eigenvalue weighted by Gasteiger charge is 2.71. The summed E-state index contributed by atoms with van der Waals surface area (Å²) in [6, 6.07) is 3.70. The second kappa shape index (κ2) is 8.43. The van der Waals surface area contributed by atoms with Crippen LogP contribution in [0.4, 0.5) is 0 Å². The van der Waals surface area contributed by atoms with Gasteiger partial charge in [-0.1, -0.05) is 38.8 Å². The van der Waals surface area contributed by atoms with Gasteiger partial charge in [0.2, 0.25) is 0 Å². The molecule has 0 aliphatic heterocycles. The van der Waals surface area contributed by atoms with Crippen molar-refractivity contribution >= 4 is 17.8 Å². The Morgan fingerprint density at radius 1 is 1.22 bits per heavy atom. The van der Waals surface area contributed by atoms with Gasteiger partial charge in [-0.05, 0) is 86.3 Å². The van der Waals surface area contributed by atoms with Crippen LogP contribution in [0.25, 0.3) is 6.08 Å². The minimum Gasteiger partial charge on any atom is -0.469 e. The van der Waals surface area contributed by atoms with Gasteiger partial charge < -0.3 is 14.3 Å². The third-order valence-electron chi connectivity index (χ3n) is 11.7. The SMILES string of the molecule is COC(=O)[C@]1(C)CCC[C@]2(C)[C@H]3C[C@H]4C(C(C)C)=C[C@]3(CC[C@H]21)[C@@H]1C(=O)/C(=C/c2ccco2)C[C@H](O)[C@@H]14. The summed E-state index contributed by atoms with van der Waals surface area (Å²) in [6.07, 6.45) is 11.6. The minimum absolute atomic E-state index is 0.0318. The van der Waals surface area contributed by atoms with E-state index in [9.17, 15) is 14.7 Å². The molecule has 4 fully saturated rings. The van der Waals surface area contributed by atoms with E-state index in [1.807, 2.05) is 18.2 Å². The maximum absolute atomic E-state index is 14.4. The molecule has 37 heavy (non-hydrogen) atoms. The van der Waals surface area contributed by atoms with Crippen LogP contribution in [0.1, 0.15) is 78.4 Å². The first-order valence-corrected chi connectivity index (χ1v) is 14.3. The smallest absolute Gasteiger partial charge is 0.311 e. The number of furan rings is 1. The number of carbonyl (C=O) groups is 2. The van der Waals surface area contributed by atoms with Gasteiger partial charge in [-0.25, -0.2) is 0 Å². The number of ether oxygens (including phenoxy) is 1. The highest BCUT2D eigenvalue weighted by Crippen LogP contribution is 2.74. The number of methoxy groups -OCH3 is 1. The topological polar surface area (TPSA) is 76.7 Å². The molecule has 5 nitrogen and oxygen atoms in total. The van der Waals surface area contributed by atoms with Crippen LogP contribution in [0.15, 0.2) is 40.0 Å². The molecular formula is C32H42O5. The van der Waals surface area contributed by atoms with Crippen LogP contribution in [0, 0.1) is 51.8 Å². The zero-order chi connectivity index (χ0) is 26.3. The Labute approximate surface area is 220 Å². The largest absolute Gasteiger partial charge is 0.469 e. The summed E-state index contributed by atoms with van der Waals surface area (Å²) in [7, 11) is 1.52. The molecule has 5 heteroatoms. The lowest BCUT2D eigenvalue weighted by molar-refractivity contribution is -0.207. The summed E-state index contributed by atoms with van der Waals surface area (Å²) >= 11 is 0. The molecule has 6 aliphatic rings. The van der Waals surface area contributed by atoms with Crippen LogP contribution in [-0.4, -0.2) is 30.1 Å². The molecule has 1 heterocycles. The Hall–Kier alpha value is -2.14. The monoisotopic (exact) mass is 506 g/mol. The summed E-state index contributed by atoms with van der Waals surface area (Å²) in [5, 5.41) is 11.6. The number of rotatable bonds is 3. The molecule has 1 aromatic heterocycles. The predicted octanol–water partition coefficient (Wildman–Crippen LogP) is 6.23. The lowest BCUT2D eigenvalue weighted by atomic mass is 9.33. The van der Waals surface area contributed by atoms with Crippen LogP contribution in [0.3, 0.4) is 0 Å². The zero-order valence-electron chi connectivity index (χ0n) is 23.0. The average molecular weight is 507 g/mol. The zero-order valence-corrected chi connectivity index (χ0v) is 23.0. The average Bonchev–Trinajstić information content (AvgIpc) is 3.38. The van der Waals surface area contributed by atoms with Gasteiger partial charge in [-0.3, -0.25) is 9.59 Å². The van der Waals surface area contributed by atoms with Gasteiger partial charge in [0.05, 0.1) is 24.9 Å². The van der Waals surface area contributed by atoms with Crippen LogP contribution in [-0.2, 0) is 14.3 Å². The molecule has 0 aromatic carbocycles. The molecular weight excluding hydrogens is 464 g/mol. The molecule has 7 rings (SSSR count). The van der Waals surface area contributed by atoms with Gasteiger partial charge >= 0.3 is 5.97 Å². The van der Waals surface area contributed by atoms with E-state index in [1.54, 1.807) is 6.26 Å². The van der Waals surface area contributed by atoms with Gasteiger partial charge in [-0.15, -0.1) is 0 Å². The van der Waals surface area contributed by atoms with Crippen molar-refractivity contribution in [2.75, 3.05) is 7.11 Å². The second-order valence-electron chi connectivity index (χ2n) is 13.5. The number of aliphatic hydroxyl groups excluding tert-OH is 1. The number of carbonyl (C=O) groups excluding carboxylic acids is 2. The molecule has 0 radical (unpaired) electrons. The fourth-order valence-corrected chi connectivity index (χ4v) is 10.4. The quantitative estimate of drug-likeness (QED) is 0.299. The molecule has 200 valence electrons. The van der Waals surface area contributed by atoms with E-state index in [0.29, 0.717) is 29.6 Å². The van der Waals surface area contributed by atoms with Gasteiger partial charge in [0.25, 0.3) is 0 Å². The Balaban J connectivity index is 1.48. The van der Waals surface area contributed by atoms with Crippen LogP contribution in [0.2, 0.25) is 0 Å². The highest BCUT2D eigenvalue weighted by molar-refractivity contribution is 6.03. The number of hydrogen-bond donors (Lipinski definition) is 1. The van der Waals surface area contributed by atoms with E-state index < -0.39 is 11.5 Å². The third-order valence-corrected chi connectivity index (χ3v) is 11.7. The third kappa shape index (κ3) is 3.31. The summed E-state index contributed by atoms with van der Waals surface area (Å²) in [5.74, 6) is 1.70. The van der Waals surface area contributed by atoms with Gasteiger partial charge in [-0.2, -0.15) is 0 Å². The molecule has 9 atom stereocenters. The molecule has 0 unspecified atom stereocenters. The van der Waals surface area contributed by atoms with Gasteiger partial charge in [0, 0.05) is 29.2 Å². The van der Waals surface area contributed by atoms with Crippen molar-refractivity contribution in [2.24, 2.45) is 51.8 Å². The van der Waals surface area contributed by atoms with Crippen LogP contribution < -0.4 is 0 Å². The fourth-order valence-electron chi connectivity index (χ4n) is 10.4. The van der Waals surface area contributed by atoms with E-state index in [2.05, 4.69) is 33.8 Å². The molecule has 0 saturated heterocycles. The molecule has 1 spiro atoms. The van der Waals surface area contributed by atoms with E-state index in [1.165, 1.54) is 12.7 Å². The van der Waals surface area contributed by atoms with Crippen LogP contribution in [0.5, 0.6) is 0 Å². The number of Topliss-reactive ketones (excluding diaryl/α,β-unsaturated/α-hetero) is 1. The first kappa shape index (κ1) is 25.2. The van der Waals surface area contributed by atoms with Gasteiger partial charge in [0.15, 0.2) is 5.78 Å². The number of esters is 1. The molecule has 2 bridgehead atoms.